The Hall–Kier alpha value is -3.55. The third-order valence-electron chi connectivity index (χ3n) is 5.66. The lowest BCUT2D eigenvalue weighted by molar-refractivity contribution is -0.137. The van der Waals surface area contributed by atoms with E-state index in [1.165, 1.54) is 12.1 Å². The average Bonchev–Trinajstić information content (AvgIpc) is 3.21. The molecule has 34 heavy (non-hydrogen) atoms. The van der Waals surface area contributed by atoms with Crippen molar-refractivity contribution in [3.05, 3.63) is 77.0 Å². The summed E-state index contributed by atoms with van der Waals surface area (Å²) in [6, 6.07) is 13.5. The number of benzene rings is 2. The monoisotopic (exact) mass is 470 g/mol. The van der Waals surface area contributed by atoms with Gasteiger partial charge in [-0.3, -0.25) is 9.59 Å². The van der Waals surface area contributed by atoms with E-state index >= 15 is 0 Å². The lowest BCUT2D eigenvalue weighted by Gasteiger charge is -2.26. The third-order valence-corrected chi connectivity index (χ3v) is 5.66. The van der Waals surface area contributed by atoms with Crippen LogP contribution in [0.2, 0.25) is 0 Å². The van der Waals surface area contributed by atoms with Crippen LogP contribution in [0.4, 0.5) is 18.9 Å². The highest BCUT2D eigenvalue weighted by Gasteiger charge is 2.31. The number of nitrogens with one attached hydrogen (secondary N) is 1. The van der Waals surface area contributed by atoms with Crippen LogP contribution >= 0.6 is 0 Å². The first-order valence-corrected chi connectivity index (χ1v) is 11.1. The van der Waals surface area contributed by atoms with Crippen LogP contribution in [-0.4, -0.2) is 23.3 Å². The predicted molar refractivity (Wildman–Crippen MR) is 122 cm³/mol. The first-order valence-electron chi connectivity index (χ1n) is 11.1. The highest BCUT2D eigenvalue weighted by Crippen LogP contribution is 2.32. The number of alkyl halides is 3. The number of amides is 2. The number of rotatable bonds is 5. The van der Waals surface area contributed by atoms with Crippen LogP contribution in [-0.2, 0) is 23.9 Å². The smallest absolute Gasteiger partial charge is 0.416 e. The standard InChI is InChI=1S/C26H25F3N2O3/c1-16(2)13-24(32)30-21-9-5-17(6-10-21)23-14-19-15-31(12-11-22(19)34-23)25(33)18-3-7-20(8-4-18)26(27,28)29/h3-10,14,16H,11-13,15H2,1-2H3,(H,30,32). The maximum Gasteiger partial charge on any atom is 0.416 e. The number of halogens is 3. The first-order chi connectivity index (χ1) is 16.1. The van der Waals surface area contributed by atoms with E-state index in [4.69, 9.17) is 4.42 Å². The molecule has 1 aliphatic rings. The van der Waals surface area contributed by atoms with Gasteiger partial charge in [0.25, 0.3) is 5.91 Å². The summed E-state index contributed by atoms with van der Waals surface area (Å²) in [4.78, 5) is 26.4. The molecule has 1 aliphatic heterocycles. The van der Waals surface area contributed by atoms with E-state index in [1.54, 1.807) is 4.90 Å². The number of hydrogen-bond donors (Lipinski definition) is 1. The van der Waals surface area contributed by atoms with Crippen molar-refractivity contribution < 1.29 is 27.2 Å². The van der Waals surface area contributed by atoms with Crippen LogP contribution in [0, 0.1) is 5.92 Å². The SMILES string of the molecule is CC(C)CC(=O)Nc1ccc(-c2cc3c(o2)CCN(C(=O)c2ccc(C(F)(F)F)cc2)C3)cc1. The minimum Gasteiger partial charge on any atom is -0.461 e. The van der Waals surface area contributed by atoms with Crippen LogP contribution < -0.4 is 5.32 Å². The molecule has 3 aromatic rings. The van der Waals surface area contributed by atoms with Gasteiger partial charge >= 0.3 is 6.18 Å². The van der Waals surface area contributed by atoms with Gasteiger partial charge in [0, 0.05) is 48.3 Å². The van der Waals surface area contributed by atoms with Crippen molar-refractivity contribution >= 4 is 17.5 Å². The molecule has 0 spiro atoms. The topological polar surface area (TPSA) is 62.6 Å². The summed E-state index contributed by atoms with van der Waals surface area (Å²) in [5.74, 6) is 1.38. The van der Waals surface area contributed by atoms with Gasteiger partial charge in [-0.1, -0.05) is 13.8 Å². The van der Waals surface area contributed by atoms with Gasteiger partial charge < -0.3 is 14.6 Å². The van der Waals surface area contributed by atoms with Crippen molar-refractivity contribution in [1.29, 1.82) is 0 Å². The van der Waals surface area contributed by atoms with Crippen molar-refractivity contribution in [3.8, 4) is 11.3 Å². The minimum atomic E-state index is -4.44. The Morgan fingerprint density at radius 2 is 1.74 bits per heavy atom. The van der Waals surface area contributed by atoms with Crippen molar-refractivity contribution in [1.82, 2.24) is 4.90 Å². The Kier molecular flexibility index (Phi) is 6.50. The lowest BCUT2D eigenvalue weighted by Crippen LogP contribution is -2.35. The summed E-state index contributed by atoms with van der Waals surface area (Å²) >= 11 is 0. The Labute approximate surface area is 195 Å². The average molecular weight is 470 g/mol. The molecule has 178 valence electrons. The van der Waals surface area contributed by atoms with Gasteiger partial charge in [-0.25, -0.2) is 0 Å². The van der Waals surface area contributed by atoms with E-state index in [0.717, 1.165) is 29.0 Å². The summed E-state index contributed by atoms with van der Waals surface area (Å²) in [6.07, 6.45) is -3.47. The zero-order chi connectivity index (χ0) is 24.5. The van der Waals surface area contributed by atoms with E-state index in [2.05, 4.69) is 5.32 Å². The molecular weight excluding hydrogens is 445 g/mol. The second kappa shape index (κ2) is 9.37. The van der Waals surface area contributed by atoms with Gasteiger partial charge in [-0.05, 0) is 60.5 Å². The highest BCUT2D eigenvalue weighted by atomic mass is 19.4. The molecule has 2 amide bonds. The minimum absolute atomic E-state index is 0.0333. The van der Waals surface area contributed by atoms with Gasteiger partial charge in [0.1, 0.15) is 11.5 Å². The van der Waals surface area contributed by atoms with Crippen molar-refractivity contribution in [2.24, 2.45) is 5.92 Å². The number of furan rings is 1. The molecule has 0 atom stereocenters. The van der Waals surface area contributed by atoms with Crippen molar-refractivity contribution in [2.45, 2.75) is 39.4 Å². The lowest BCUT2D eigenvalue weighted by atomic mass is 10.1. The molecule has 0 unspecified atom stereocenters. The number of carbonyl (C=O) groups is 2. The molecule has 8 heteroatoms. The molecule has 0 bridgehead atoms. The fourth-order valence-corrected chi connectivity index (χ4v) is 3.93. The molecule has 0 fully saturated rings. The van der Waals surface area contributed by atoms with Gasteiger partial charge in [-0.15, -0.1) is 0 Å². The molecular formula is C26H25F3N2O3. The Morgan fingerprint density at radius 3 is 2.35 bits per heavy atom. The van der Waals surface area contributed by atoms with Crippen LogP contribution in [0.3, 0.4) is 0 Å². The fraction of sp³-hybridized carbons (Fsp3) is 0.308. The quantitative estimate of drug-likeness (QED) is 0.487. The van der Waals surface area contributed by atoms with E-state index in [9.17, 15) is 22.8 Å². The molecule has 0 saturated carbocycles. The van der Waals surface area contributed by atoms with E-state index in [0.29, 0.717) is 37.4 Å². The van der Waals surface area contributed by atoms with Crippen molar-refractivity contribution in [2.75, 3.05) is 11.9 Å². The van der Waals surface area contributed by atoms with Crippen LogP contribution in [0.5, 0.6) is 0 Å². The van der Waals surface area contributed by atoms with Crippen LogP contribution in [0.1, 0.15) is 47.5 Å². The van der Waals surface area contributed by atoms with E-state index in [1.807, 2.05) is 44.2 Å². The van der Waals surface area contributed by atoms with E-state index in [-0.39, 0.29) is 23.3 Å². The first kappa shape index (κ1) is 23.6. The number of hydrogen-bond acceptors (Lipinski definition) is 3. The number of nitrogens with zero attached hydrogens (tertiary/aromatic N) is 1. The Balaban J connectivity index is 1.43. The number of fused-ring (bicyclic) bond motifs is 1. The summed E-state index contributed by atoms with van der Waals surface area (Å²) in [5, 5.41) is 2.87. The van der Waals surface area contributed by atoms with Gasteiger partial charge in [0.05, 0.1) is 5.56 Å². The van der Waals surface area contributed by atoms with Gasteiger partial charge in [0.2, 0.25) is 5.91 Å². The summed E-state index contributed by atoms with van der Waals surface area (Å²) in [7, 11) is 0. The zero-order valence-electron chi connectivity index (χ0n) is 18.9. The second-order valence-electron chi connectivity index (χ2n) is 8.83. The number of carbonyl (C=O) groups excluding carboxylic acids is 2. The summed E-state index contributed by atoms with van der Waals surface area (Å²) in [6.45, 7) is 4.71. The Morgan fingerprint density at radius 1 is 1.06 bits per heavy atom. The molecule has 1 aromatic heterocycles. The largest absolute Gasteiger partial charge is 0.461 e. The van der Waals surface area contributed by atoms with Gasteiger partial charge in [0.15, 0.2) is 0 Å². The fourth-order valence-electron chi connectivity index (χ4n) is 3.93. The van der Waals surface area contributed by atoms with Crippen molar-refractivity contribution in [3.63, 3.8) is 0 Å². The van der Waals surface area contributed by atoms with Crippen LogP contribution in [0.25, 0.3) is 11.3 Å². The normalized spacial score (nSPS) is 13.6. The third kappa shape index (κ3) is 5.32. The van der Waals surface area contributed by atoms with Crippen LogP contribution in [0.15, 0.2) is 59.0 Å². The Bertz CT molecular complexity index is 1180. The van der Waals surface area contributed by atoms with Gasteiger partial charge in [-0.2, -0.15) is 13.2 Å². The molecule has 1 N–H and O–H groups in total. The zero-order valence-corrected chi connectivity index (χ0v) is 18.9. The predicted octanol–water partition coefficient (Wildman–Crippen LogP) is 6.15. The molecule has 4 rings (SSSR count). The highest BCUT2D eigenvalue weighted by molar-refractivity contribution is 5.94. The number of anilines is 1. The molecule has 0 radical (unpaired) electrons. The second-order valence-corrected chi connectivity index (χ2v) is 8.83. The molecule has 0 saturated heterocycles. The molecule has 2 heterocycles. The maximum atomic E-state index is 12.8. The molecule has 0 aliphatic carbocycles. The summed E-state index contributed by atoms with van der Waals surface area (Å²) in [5.41, 5.74) is 1.86. The summed E-state index contributed by atoms with van der Waals surface area (Å²) < 4.78 is 44.3. The maximum absolute atomic E-state index is 12.8. The molecule has 2 aromatic carbocycles. The molecule has 5 nitrogen and oxygen atoms in total. The van der Waals surface area contributed by atoms with E-state index < -0.39 is 11.7 Å².